The molecule has 0 fully saturated rings. The van der Waals surface area contributed by atoms with Gasteiger partial charge < -0.3 is 19.9 Å². The number of hydrogen-bond acceptors (Lipinski definition) is 4. The van der Waals surface area contributed by atoms with Crippen LogP contribution in [0, 0.1) is 0 Å². The Hall–Kier alpha value is -2.06. The Morgan fingerprint density at radius 1 is 1.31 bits per heavy atom. The summed E-state index contributed by atoms with van der Waals surface area (Å²) < 4.78 is 49.3. The number of hydrogen-bond donors (Lipinski definition) is 2. The van der Waals surface area contributed by atoms with Gasteiger partial charge in [-0.3, -0.25) is 4.79 Å². The molecule has 0 bridgehead atoms. The molecule has 2 atom stereocenters. The first-order valence-corrected chi connectivity index (χ1v) is 8.35. The van der Waals surface area contributed by atoms with Gasteiger partial charge in [-0.15, -0.1) is 0 Å². The van der Waals surface area contributed by atoms with Crippen LogP contribution in [0.1, 0.15) is 36.3 Å². The van der Waals surface area contributed by atoms with Crippen molar-refractivity contribution in [2.75, 3.05) is 20.3 Å². The molecule has 0 aromatic heterocycles. The molecule has 1 amide bonds. The van der Waals surface area contributed by atoms with Crippen LogP contribution >= 0.6 is 0 Å². The lowest BCUT2D eigenvalue weighted by Crippen LogP contribution is -2.31. The standard InChI is InChI=1S/C18H22F3NO4/c1-22-17(24)15-10-13(11-16(26-15)25-9-3-2-8-23)12-4-6-14(7-5-12)18(19,20)21/h4-7,10,13,16,23H,2-3,8-9,11H2,1H3,(H,22,24)/t13-,16+/m0/s1. The molecule has 0 unspecified atom stereocenters. The third-order valence-electron chi connectivity index (χ3n) is 4.03. The summed E-state index contributed by atoms with van der Waals surface area (Å²) in [4.78, 5) is 11.9. The summed E-state index contributed by atoms with van der Waals surface area (Å²) in [5, 5.41) is 11.3. The number of halogens is 3. The Bertz CT molecular complexity index is 628. The first-order chi connectivity index (χ1) is 12.3. The highest BCUT2D eigenvalue weighted by atomic mass is 19.4. The van der Waals surface area contributed by atoms with Gasteiger partial charge in [-0.1, -0.05) is 12.1 Å². The van der Waals surface area contributed by atoms with Gasteiger partial charge in [0.05, 0.1) is 12.2 Å². The smallest absolute Gasteiger partial charge is 0.416 e. The van der Waals surface area contributed by atoms with Gasteiger partial charge >= 0.3 is 6.18 Å². The van der Waals surface area contributed by atoms with Gasteiger partial charge in [0.1, 0.15) is 0 Å². The molecule has 1 aromatic rings. The molecule has 144 valence electrons. The summed E-state index contributed by atoms with van der Waals surface area (Å²) >= 11 is 0. The van der Waals surface area contributed by atoms with Crippen LogP contribution < -0.4 is 5.32 Å². The number of rotatable bonds is 7. The highest BCUT2D eigenvalue weighted by Gasteiger charge is 2.32. The second-order valence-corrected chi connectivity index (χ2v) is 5.92. The van der Waals surface area contributed by atoms with E-state index in [1.54, 1.807) is 6.08 Å². The van der Waals surface area contributed by atoms with Crippen molar-refractivity contribution in [1.29, 1.82) is 0 Å². The van der Waals surface area contributed by atoms with Crippen molar-refractivity contribution in [2.45, 2.75) is 37.6 Å². The van der Waals surface area contributed by atoms with Crippen molar-refractivity contribution in [2.24, 2.45) is 0 Å². The van der Waals surface area contributed by atoms with Crippen LogP contribution in [-0.2, 0) is 20.4 Å². The molecule has 0 radical (unpaired) electrons. The van der Waals surface area contributed by atoms with Crippen molar-refractivity contribution in [3.63, 3.8) is 0 Å². The number of benzene rings is 1. The summed E-state index contributed by atoms with van der Waals surface area (Å²) in [7, 11) is 1.46. The number of amides is 1. The molecule has 0 saturated heterocycles. The van der Waals surface area contributed by atoms with Crippen molar-refractivity contribution < 1.29 is 32.5 Å². The van der Waals surface area contributed by atoms with E-state index in [4.69, 9.17) is 14.6 Å². The first kappa shape index (κ1) is 20.3. The van der Waals surface area contributed by atoms with E-state index in [0.717, 1.165) is 12.1 Å². The zero-order valence-corrected chi connectivity index (χ0v) is 14.4. The van der Waals surface area contributed by atoms with Crippen LogP contribution in [0.2, 0.25) is 0 Å². The number of aliphatic hydroxyl groups is 1. The maximum absolute atomic E-state index is 12.7. The number of allylic oxidation sites excluding steroid dienone is 1. The normalized spacial score (nSPS) is 20.3. The number of carbonyl (C=O) groups is 1. The van der Waals surface area contributed by atoms with E-state index in [-0.39, 0.29) is 18.3 Å². The van der Waals surface area contributed by atoms with E-state index < -0.39 is 23.9 Å². The predicted molar refractivity (Wildman–Crippen MR) is 88.1 cm³/mol. The Morgan fingerprint density at radius 3 is 2.58 bits per heavy atom. The van der Waals surface area contributed by atoms with E-state index in [1.165, 1.54) is 19.2 Å². The third-order valence-corrected chi connectivity index (χ3v) is 4.03. The molecule has 2 rings (SSSR count). The van der Waals surface area contributed by atoms with Crippen molar-refractivity contribution in [3.8, 4) is 0 Å². The number of ether oxygens (including phenoxy) is 2. The highest BCUT2D eigenvalue weighted by Crippen LogP contribution is 2.34. The molecule has 1 aliphatic heterocycles. The number of alkyl halides is 3. The van der Waals surface area contributed by atoms with Crippen LogP contribution in [0.15, 0.2) is 36.1 Å². The monoisotopic (exact) mass is 373 g/mol. The molecule has 8 heteroatoms. The van der Waals surface area contributed by atoms with Gasteiger partial charge in [-0.25, -0.2) is 0 Å². The number of aliphatic hydroxyl groups excluding tert-OH is 1. The molecule has 0 spiro atoms. The molecule has 1 heterocycles. The molecule has 1 aromatic carbocycles. The molecule has 0 aliphatic carbocycles. The maximum Gasteiger partial charge on any atom is 0.416 e. The van der Waals surface area contributed by atoms with Crippen molar-refractivity contribution in [1.82, 2.24) is 5.32 Å². The van der Waals surface area contributed by atoms with E-state index >= 15 is 0 Å². The topological polar surface area (TPSA) is 67.8 Å². The van der Waals surface area contributed by atoms with Gasteiger partial charge in [0.15, 0.2) is 5.76 Å². The molecule has 1 aliphatic rings. The number of unbranched alkanes of at least 4 members (excludes halogenated alkanes) is 1. The minimum absolute atomic E-state index is 0.0620. The molecule has 5 nitrogen and oxygen atoms in total. The largest absolute Gasteiger partial charge is 0.459 e. The zero-order chi connectivity index (χ0) is 19.2. The van der Waals surface area contributed by atoms with E-state index in [2.05, 4.69) is 5.32 Å². The van der Waals surface area contributed by atoms with Crippen LogP contribution in [-0.4, -0.2) is 37.6 Å². The lowest BCUT2D eigenvalue weighted by atomic mass is 9.92. The van der Waals surface area contributed by atoms with Gasteiger partial charge in [0.2, 0.25) is 6.29 Å². The Balaban J connectivity index is 2.14. The van der Waals surface area contributed by atoms with Gasteiger partial charge in [0, 0.05) is 26.0 Å². The quantitative estimate of drug-likeness (QED) is 0.721. The maximum atomic E-state index is 12.7. The Morgan fingerprint density at radius 2 is 2.00 bits per heavy atom. The summed E-state index contributed by atoms with van der Waals surface area (Å²) in [5.41, 5.74) is -0.0766. The number of carbonyl (C=O) groups excluding carboxylic acids is 1. The Kier molecular flexibility index (Phi) is 7.05. The second-order valence-electron chi connectivity index (χ2n) is 5.92. The van der Waals surface area contributed by atoms with Crippen molar-refractivity contribution in [3.05, 3.63) is 47.2 Å². The zero-order valence-electron chi connectivity index (χ0n) is 14.4. The SMILES string of the molecule is CNC(=O)C1=C[C@H](c2ccc(C(F)(F)F)cc2)C[C@H](OCCCCO)O1. The minimum Gasteiger partial charge on any atom is -0.459 e. The lowest BCUT2D eigenvalue weighted by Gasteiger charge is -2.29. The van der Waals surface area contributed by atoms with Crippen LogP contribution in [0.4, 0.5) is 13.2 Å². The summed E-state index contributed by atoms with van der Waals surface area (Å²) in [6.07, 6.45) is -1.87. The van der Waals surface area contributed by atoms with Gasteiger partial charge in [0.25, 0.3) is 5.91 Å². The molecular weight excluding hydrogens is 351 g/mol. The van der Waals surface area contributed by atoms with E-state index in [1.807, 2.05) is 0 Å². The minimum atomic E-state index is -4.39. The van der Waals surface area contributed by atoms with E-state index in [0.29, 0.717) is 31.4 Å². The third kappa shape index (κ3) is 5.47. The molecule has 0 saturated carbocycles. The lowest BCUT2D eigenvalue weighted by molar-refractivity contribution is -0.146. The van der Waals surface area contributed by atoms with E-state index in [9.17, 15) is 18.0 Å². The number of likely N-dealkylation sites (N-methyl/N-ethyl adjacent to an activating group) is 1. The van der Waals surface area contributed by atoms with Crippen molar-refractivity contribution >= 4 is 5.91 Å². The molecule has 26 heavy (non-hydrogen) atoms. The molecular formula is C18H22F3NO4. The summed E-state index contributed by atoms with van der Waals surface area (Å²) in [5.74, 6) is -0.650. The molecule has 2 N–H and O–H groups in total. The summed E-state index contributed by atoms with van der Waals surface area (Å²) in [6.45, 7) is 0.415. The van der Waals surface area contributed by atoms with Gasteiger partial charge in [-0.2, -0.15) is 13.2 Å². The predicted octanol–water partition coefficient (Wildman–Crippen LogP) is 2.95. The highest BCUT2D eigenvalue weighted by molar-refractivity contribution is 5.91. The first-order valence-electron chi connectivity index (χ1n) is 8.35. The number of nitrogens with one attached hydrogen (secondary N) is 1. The van der Waals surface area contributed by atoms with Crippen LogP contribution in [0.25, 0.3) is 0 Å². The fourth-order valence-electron chi connectivity index (χ4n) is 2.62. The van der Waals surface area contributed by atoms with Crippen LogP contribution in [0.5, 0.6) is 0 Å². The average molecular weight is 373 g/mol. The summed E-state index contributed by atoms with van der Waals surface area (Å²) in [6, 6.07) is 4.85. The fraction of sp³-hybridized carbons (Fsp3) is 0.500. The van der Waals surface area contributed by atoms with Gasteiger partial charge in [-0.05, 0) is 36.6 Å². The fourth-order valence-corrected chi connectivity index (χ4v) is 2.62. The average Bonchev–Trinajstić information content (AvgIpc) is 2.63. The van der Waals surface area contributed by atoms with Crippen LogP contribution in [0.3, 0.4) is 0 Å². The second kappa shape index (κ2) is 9.05. The Labute approximate surface area is 149 Å².